The molecule has 0 aromatic carbocycles. The molecule has 0 heterocycles. The largest absolute Gasteiger partial charge is 0.343 e. The van der Waals surface area contributed by atoms with Crippen molar-refractivity contribution in [3.8, 4) is 6.07 Å². The molecule has 0 saturated heterocycles. The van der Waals surface area contributed by atoms with E-state index in [-0.39, 0.29) is 11.8 Å². The van der Waals surface area contributed by atoms with E-state index in [1.165, 1.54) is 0 Å². The van der Waals surface area contributed by atoms with E-state index in [2.05, 4.69) is 18.0 Å². The molecule has 78 valence electrons. The number of nitrogens with one attached hydrogen (secondary N) is 1. The van der Waals surface area contributed by atoms with Crippen molar-refractivity contribution in [3.05, 3.63) is 12.7 Å². The molecule has 4 heteroatoms. The number of carbonyl (C=O) groups excluding carboxylic acids is 1. The van der Waals surface area contributed by atoms with Gasteiger partial charge in [-0.05, 0) is 6.92 Å². The zero-order valence-electron chi connectivity index (χ0n) is 8.79. The Morgan fingerprint density at radius 2 is 2.43 bits per heavy atom. The number of amides is 1. The average molecular weight is 195 g/mol. The molecule has 0 bridgehead atoms. The van der Waals surface area contributed by atoms with Crippen molar-refractivity contribution in [1.29, 1.82) is 5.26 Å². The summed E-state index contributed by atoms with van der Waals surface area (Å²) in [4.78, 5) is 12.9. The molecule has 0 fully saturated rings. The van der Waals surface area contributed by atoms with Gasteiger partial charge < -0.3 is 10.2 Å². The summed E-state index contributed by atoms with van der Waals surface area (Å²) in [6.45, 7) is 6.71. The van der Waals surface area contributed by atoms with Crippen LogP contribution >= 0.6 is 0 Å². The lowest BCUT2D eigenvalue weighted by Gasteiger charge is -2.18. The van der Waals surface area contributed by atoms with Gasteiger partial charge in [-0.15, -0.1) is 6.58 Å². The summed E-state index contributed by atoms with van der Waals surface area (Å²) >= 11 is 0. The smallest absolute Gasteiger partial charge is 0.236 e. The monoisotopic (exact) mass is 195 g/mol. The van der Waals surface area contributed by atoms with Crippen LogP contribution in [0.15, 0.2) is 12.7 Å². The van der Waals surface area contributed by atoms with Crippen LogP contribution < -0.4 is 5.32 Å². The Morgan fingerprint density at radius 3 is 2.93 bits per heavy atom. The number of hydrogen-bond acceptors (Lipinski definition) is 3. The lowest BCUT2D eigenvalue weighted by Crippen LogP contribution is -2.37. The van der Waals surface area contributed by atoms with Gasteiger partial charge in [0.2, 0.25) is 5.91 Å². The molecule has 0 aromatic rings. The first kappa shape index (κ1) is 12.7. The lowest BCUT2D eigenvalue weighted by atomic mass is 10.2. The molecule has 0 rings (SSSR count). The summed E-state index contributed by atoms with van der Waals surface area (Å²) in [6, 6.07) is 2.09. The van der Waals surface area contributed by atoms with E-state index >= 15 is 0 Å². The van der Waals surface area contributed by atoms with Crippen LogP contribution in [0.5, 0.6) is 0 Å². The fraction of sp³-hybridized carbons (Fsp3) is 0.600. The molecular formula is C10H17N3O. The van der Waals surface area contributed by atoms with Crippen LogP contribution in [0.1, 0.15) is 6.92 Å². The maximum absolute atomic E-state index is 11.4. The van der Waals surface area contributed by atoms with Crippen molar-refractivity contribution >= 4 is 5.91 Å². The van der Waals surface area contributed by atoms with Crippen molar-refractivity contribution < 1.29 is 4.79 Å². The van der Waals surface area contributed by atoms with E-state index in [1.54, 1.807) is 24.9 Å². The molecular weight excluding hydrogens is 178 g/mol. The highest BCUT2D eigenvalue weighted by molar-refractivity contribution is 5.78. The third kappa shape index (κ3) is 5.33. The summed E-state index contributed by atoms with van der Waals surface area (Å²) in [7, 11) is 1.70. The van der Waals surface area contributed by atoms with Crippen LogP contribution in [0.2, 0.25) is 0 Å². The number of carbonyl (C=O) groups is 1. The summed E-state index contributed by atoms with van der Waals surface area (Å²) in [5.41, 5.74) is 0. The van der Waals surface area contributed by atoms with Crippen LogP contribution in [0, 0.1) is 17.2 Å². The van der Waals surface area contributed by atoms with Gasteiger partial charge in [-0.3, -0.25) is 4.79 Å². The minimum Gasteiger partial charge on any atom is -0.343 e. The van der Waals surface area contributed by atoms with Crippen molar-refractivity contribution in [2.45, 2.75) is 6.92 Å². The van der Waals surface area contributed by atoms with Gasteiger partial charge in [0.05, 0.1) is 18.5 Å². The van der Waals surface area contributed by atoms with Gasteiger partial charge in [-0.25, -0.2) is 0 Å². The quantitative estimate of drug-likeness (QED) is 0.492. The predicted molar refractivity (Wildman–Crippen MR) is 55.5 cm³/mol. The van der Waals surface area contributed by atoms with E-state index in [9.17, 15) is 4.79 Å². The second-order valence-electron chi connectivity index (χ2n) is 3.22. The van der Waals surface area contributed by atoms with Gasteiger partial charge in [0.25, 0.3) is 0 Å². The first-order valence-electron chi connectivity index (χ1n) is 4.57. The lowest BCUT2D eigenvalue weighted by molar-refractivity contribution is -0.129. The summed E-state index contributed by atoms with van der Waals surface area (Å²) in [5, 5.41) is 11.5. The second kappa shape index (κ2) is 7.10. The van der Waals surface area contributed by atoms with Crippen LogP contribution in [0.25, 0.3) is 0 Å². The fourth-order valence-corrected chi connectivity index (χ4v) is 0.970. The van der Waals surface area contributed by atoms with Gasteiger partial charge in [-0.1, -0.05) is 6.08 Å². The maximum Gasteiger partial charge on any atom is 0.236 e. The molecule has 14 heavy (non-hydrogen) atoms. The Balaban J connectivity index is 3.76. The second-order valence-corrected chi connectivity index (χ2v) is 3.22. The van der Waals surface area contributed by atoms with E-state index in [0.717, 1.165) is 0 Å². The minimum atomic E-state index is -0.122. The standard InChI is InChI=1S/C10H17N3O/c1-4-5-12-7-10(14)13(3)8-9(2)6-11/h4,9,12H,1,5,7-8H2,2-3H3. The molecule has 1 unspecified atom stereocenters. The number of rotatable bonds is 6. The molecule has 1 atom stereocenters. The Bertz CT molecular complexity index is 232. The topological polar surface area (TPSA) is 56.1 Å². The molecule has 0 aliphatic heterocycles. The first-order valence-corrected chi connectivity index (χ1v) is 4.57. The SMILES string of the molecule is C=CCNCC(=O)N(C)CC(C)C#N. The van der Waals surface area contributed by atoms with Gasteiger partial charge in [0, 0.05) is 20.1 Å². The van der Waals surface area contributed by atoms with Gasteiger partial charge >= 0.3 is 0 Å². The highest BCUT2D eigenvalue weighted by Crippen LogP contribution is 1.95. The van der Waals surface area contributed by atoms with Crippen LogP contribution in [0.3, 0.4) is 0 Å². The third-order valence-corrected chi connectivity index (χ3v) is 1.76. The summed E-state index contributed by atoms with van der Waals surface area (Å²) < 4.78 is 0. The van der Waals surface area contributed by atoms with Gasteiger partial charge in [-0.2, -0.15) is 5.26 Å². The number of hydrogen-bond donors (Lipinski definition) is 1. The van der Waals surface area contributed by atoms with Crippen LogP contribution in [0.4, 0.5) is 0 Å². The van der Waals surface area contributed by atoms with Gasteiger partial charge in [0.1, 0.15) is 0 Å². The Hall–Kier alpha value is -1.34. The molecule has 0 aliphatic carbocycles. The van der Waals surface area contributed by atoms with E-state index in [4.69, 9.17) is 5.26 Å². The molecule has 4 nitrogen and oxygen atoms in total. The fourth-order valence-electron chi connectivity index (χ4n) is 0.970. The van der Waals surface area contributed by atoms with Crippen LogP contribution in [-0.4, -0.2) is 37.5 Å². The average Bonchev–Trinajstić information content (AvgIpc) is 2.17. The number of likely N-dealkylation sites (N-methyl/N-ethyl adjacent to an activating group) is 1. The van der Waals surface area contributed by atoms with E-state index in [1.807, 2.05) is 0 Å². The number of nitriles is 1. The van der Waals surface area contributed by atoms with Crippen molar-refractivity contribution in [1.82, 2.24) is 10.2 Å². The molecule has 1 N–H and O–H groups in total. The van der Waals surface area contributed by atoms with Gasteiger partial charge in [0.15, 0.2) is 0 Å². The Labute approximate surface area is 85.2 Å². The summed E-state index contributed by atoms with van der Waals surface area (Å²) in [5.74, 6) is -0.127. The molecule has 0 aliphatic rings. The maximum atomic E-state index is 11.4. The zero-order chi connectivity index (χ0) is 11.0. The highest BCUT2D eigenvalue weighted by Gasteiger charge is 2.10. The van der Waals surface area contributed by atoms with Crippen molar-refractivity contribution in [2.75, 3.05) is 26.7 Å². The van der Waals surface area contributed by atoms with Crippen molar-refractivity contribution in [2.24, 2.45) is 5.92 Å². The molecule has 0 aromatic heterocycles. The van der Waals surface area contributed by atoms with E-state index < -0.39 is 0 Å². The zero-order valence-corrected chi connectivity index (χ0v) is 8.79. The molecule has 0 radical (unpaired) electrons. The Morgan fingerprint density at radius 1 is 1.79 bits per heavy atom. The minimum absolute atomic E-state index is 0.00560. The summed E-state index contributed by atoms with van der Waals surface area (Å²) in [6.07, 6.45) is 1.70. The highest BCUT2D eigenvalue weighted by atomic mass is 16.2. The molecule has 1 amide bonds. The third-order valence-electron chi connectivity index (χ3n) is 1.76. The first-order chi connectivity index (χ1) is 6.61. The molecule has 0 spiro atoms. The Kier molecular flexibility index (Phi) is 6.42. The normalized spacial score (nSPS) is 11.5. The molecule has 0 saturated carbocycles. The van der Waals surface area contributed by atoms with E-state index in [0.29, 0.717) is 19.6 Å². The van der Waals surface area contributed by atoms with Crippen molar-refractivity contribution in [3.63, 3.8) is 0 Å². The number of nitrogens with zero attached hydrogens (tertiary/aromatic N) is 2. The predicted octanol–water partition coefficient (Wildman–Crippen LogP) is 0.380. The van der Waals surface area contributed by atoms with Crippen LogP contribution in [-0.2, 0) is 4.79 Å².